The van der Waals surface area contributed by atoms with Gasteiger partial charge in [0.2, 0.25) is 0 Å². The first kappa shape index (κ1) is 18.4. The monoisotopic (exact) mass is 447 g/mol. The SMILES string of the molecule is O=C(NCC1(O)C2C3CC4C5C3CC2C5C41)NC1CCN(c2ccc(Cl)cc2Cl)C1. The molecule has 1 aromatic rings. The number of hydrogen-bond donors (Lipinski definition) is 3. The van der Waals surface area contributed by atoms with Gasteiger partial charge in [-0.1, -0.05) is 23.2 Å². The van der Waals surface area contributed by atoms with Crippen molar-refractivity contribution in [3.05, 3.63) is 28.2 Å². The van der Waals surface area contributed by atoms with Crippen LogP contribution in [-0.2, 0) is 0 Å². The van der Waals surface area contributed by atoms with E-state index in [1.807, 2.05) is 12.1 Å². The van der Waals surface area contributed by atoms with Crippen LogP contribution in [0.3, 0.4) is 0 Å². The summed E-state index contributed by atoms with van der Waals surface area (Å²) in [5.41, 5.74) is 0.289. The number of aliphatic hydroxyl groups is 1. The van der Waals surface area contributed by atoms with Gasteiger partial charge in [-0.15, -0.1) is 0 Å². The van der Waals surface area contributed by atoms with Crippen LogP contribution in [0, 0.1) is 47.3 Å². The van der Waals surface area contributed by atoms with Crippen molar-refractivity contribution in [3.63, 3.8) is 0 Å². The predicted octanol–water partition coefficient (Wildman–Crippen LogP) is 3.38. The average Bonchev–Trinajstić information content (AvgIpc) is 3.36. The van der Waals surface area contributed by atoms with E-state index < -0.39 is 5.60 Å². The number of carbonyl (C=O) groups excluding carboxylic acids is 1. The fourth-order valence-corrected chi connectivity index (χ4v) is 9.78. The molecule has 0 spiro atoms. The molecular weight excluding hydrogens is 421 g/mol. The Morgan fingerprint density at radius 3 is 2.77 bits per heavy atom. The predicted molar refractivity (Wildman–Crippen MR) is 116 cm³/mol. The highest BCUT2D eigenvalue weighted by Crippen LogP contribution is 2.85. The Kier molecular flexibility index (Phi) is 3.68. The Hall–Kier alpha value is -1.17. The molecule has 10 unspecified atom stereocenters. The minimum absolute atomic E-state index is 0.0727. The summed E-state index contributed by atoms with van der Waals surface area (Å²) in [6.45, 7) is 1.98. The van der Waals surface area contributed by atoms with Crippen molar-refractivity contribution in [3.8, 4) is 0 Å². The van der Waals surface area contributed by atoms with E-state index in [0.717, 1.165) is 60.7 Å². The van der Waals surface area contributed by atoms with Crippen molar-refractivity contribution in [2.24, 2.45) is 47.3 Å². The minimum atomic E-state index is -0.666. The lowest BCUT2D eigenvalue weighted by atomic mass is 9.56. The second-order valence-corrected chi connectivity index (χ2v) is 11.5. The zero-order valence-electron chi connectivity index (χ0n) is 16.7. The van der Waals surface area contributed by atoms with Gasteiger partial charge in [0.05, 0.1) is 16.3 Å². The normalized spacial score (nSPS) is 48.5. The highest BCUT2D eigenvalue weighted by Gasteiger charge is 2.84. The maximum atomic E-state index is 12.7. The number of anilines is 1. The van der Waals surface area contributed by atoms with Crippen molar-refractivity contribution < 1.29 is 9.90 Å². The van der Waals surface area contributed by atoms with Gasteiger partial charge in [0, 0.05) is 30.7 Å². The van der Waals surface area contributed by atoms with Gasteiger partial charge in [0.1, 0.15) is 0 Å². The first-order valence-corrected chi connectivity index (χ1v) is 12.2. The molecule has 1 saturated heterocycles. The molecule has 1 heterocycles. The first-order valence-electron chi connectivity index (χ1n) is 11.4. The Morgan fingerprint density at radius 1 is 1.13 bits per heavy atom. The van der Waals surface area contributed by atoms with Crippen molar-refractivity contribution in [1.29, 1.82) is 0 Å². The molecule has 0 aromatic heterocycles. The first-order chi connectivity index (χ1) is 14.5. The highest BCUT2D eigenvalue weighted by atomic mass is 35.5. The lowest BCUT2D eigenvalue weighted by Crippen LogP contribution is -2.60. The topological polar surface area (TPSA) is 64.6 Å². The number of halogens is 2. The average molecular weight is 448 g/mol. The maximum Gasteiger partial charge on any atom is 0.315 e. The van der Waals surface area contributed by atoms with E-state index in [2.05, 4.69) is 15.5 Å². The molecule has 7 rings (SSSR count). The van der Waals surface area contributed by atoms with Crippen LogP contribution in [0.15, 0.2) is 18.2 Å². The van der Waals surface area contributed by atoms with Crippen LogP contribution in [-0.4, -0.2) is 42.4 Å². The molecule has 30 heavy (non-hydrogen) atoms. The number of benzene rings is 1. The van der Waals surface area contributed by atoms with Crippen LogP contribution in [0.4, 0.5) is 10.5 Å². The number of rotatable bonds is 4. The van der Waals surface area contributed by atoms with Crippen LogP contribution in [0.2, 0.25) is 10.0 Å². The summed E-state index contributed by atoms with van der Waals surface area (Å²) < 4.78 is 0. The standard InChI is InChI=1S/C23H27Cl2N3O2/c24-10-1-2-17(16(25)5-10)28-4-3-11(8-28)27-22(29)26-9-23(30)20-13-7-14-18-12(13)6-15(20)19(18)21(14)23/h1-2,5,11-15,18-21,30H,3-4,6-9H2,(H2,26,27,29). The number of nitrogens with zero attached hydrogens (tertiary/aromatic N) is 1. The van der Waals surface area contributed by atoms with Crippen LogP contribution in [0.25, 0.3) is 0 Å². The Morgan fingerprint density at radius 2 is 1.93 bits per heavy atom. The third kappa shape index (κ3) is 2.17. The zero-order chi connectivity index (χ0) is 20.4. The third-order valence-corrected chi connectivity index (χ3v) is 10.4. The van der Waals surface area contributed by atoms with Crippen molar-refractivity contribution in [2.75, 3.05) is 24.5 Å². The molecule has 6 aliphatic rings. The molecular formula is C23H27Cl2N3O2. The van der Waals surface area contributed by atoms with Crippen molar-refractivity contribution >= 4 is 34.9 Å². The van der Waals surface area contributed by atoms with E-state index in [9.17, 15) is 9.90 Å². The lowest BCUT2D eigenvalue weighted by Gasteiger charge is -2.51. The molecule has 1 aliphatic heterocycles. The fourth-order valence-electron chi connectivity index (χ4n) is 9.25. The largest absolute Gasteiger partial charge is 0.387 e. The van der Waals surface area contributed by atoms with Gasteiger partial charge in [0.15, 0.2) is 0 Å². The van der Waals surface area contributed by atoms with E-state index in [-0.39, 0.29) is 12.1 Å². The minimum Gasteiger partial charge on any atom is -0.387 e. The summed E-state index contributed by atoms with van der Waals surface area (Å²) in [7, 11) is 0. The second-order valence-electron chi connectivity index (χ2n) is 10.7. The van der Waals surface area contributed by atoms with E-state index >= 15 is 0 Å². The van der Waals surface area contributed by atoms with Crippen LogP contribution in [0.5, 0.6) is 0 Å². The Labute approximate surface area is 186 Å². The van der Waals surface area contributed by atoms with Gasteiger partial charge in [-0.3, -0.25) is 0 Å². The number of fused-ring (bicyclic) bond motifs is 2. The molecule has 160 valence electrons. The molecule has 7 heteroatoms. The molecule has 5 saturated carbocycles. The van der Waals surface area contributed by atoms with E-state index in [4.69, 9.17) is 23.2 Å². The van der Waals surface area contributed by atoms with E-state index in [1.54, 1.807) is 6.07 Å². The Balaban J connectivity index is 0.977. The maximum absolute atomic E-state index is 12.7. The number of hydrogen-bond acceptors (Lipinski definition) is 3. The summed E-state index contributed by atoms with van der Waals surface area (Å²) in [6, 6.07) is 5.45. The van der Waals surface area contributed by atoms with E-state index in [1.165, 1.54) is 12.8 Å². The molecule has 3 N–H and O–H groups in total. The number of amides is 2. The summed E-state index contributed by atoms with van der Waals surface area (Å²) in [4.78, 5) is 14.8. The molecule has 2 amide bonds. The van der Waals surface area contributed by atoms with Crippen molar-refractivity contribution in [2.45, 2.75) is 30.9 Å². The lowest BCUT2D eigenvalue weighted by molar-refractivity contribution is -0.126. The Bertz CT molecular complexity index is 937. The summed E-state index contributed by atoms with van der Waals surface area (Å²) in [5, 5.41) is 19.1. The molecule has 0 radical (unpaired) electrons. The summed E-state index contributed by atoms with van der Waals surface area (Å²) in [5.74, 6) is 5.62. The van der Waals surface area contributed by atoms with Gasteiger partial charge in [-0.25, -0.2) is 4.79 Å². The van der Waals surface area contributed by atoms with Gasteiger partial charge >= 0.3 is 6.03 Å². The number of urea groups is 1. The van der Waals surface area contributed by atoms with Crippen LogP contribution < -0.4 is 15.5 Å². The third-order valence-electron chi connectivity index (χ3n) is 9.83. The number of nitrogens with one attached hydrogen (secondary N) is 2. The smallest absolute Gasteiger partial charge is 0.315 e. The highest BCUT2D eigenvalue weighted by molar-refractivity contribution is 6.36. The second kappa shape index (κ2) is 5.99. The number of carbonyl (C=O) groups is 1. The molecule has 10 atom stereocenters. The molecule has 2 bridgehead atoms. The van der Waals surface area contributed by atoms with Gasteiger partial charge in [-0.05, 0) is 84.8 Å². The van der Waals surface area contributed by atoms with Gasteiger partial charge in [0.25, 0.3) is 0 Å². The van der Waals surface area contributed by atoms with Crippen molar-refractivity contribution in [1.82, 2.24) is 10.6 Å². The fraction of sp³-hybridized carbons (Fsp3) is 0.696. The summed E-state index contributed by atoms with van der Waals surface area (Å²) >= 11 is 12.3. The quantitative estimate of drug-likeness (QED) is 0.662. The summed E-state index contributed by atoms with van der Waals surface area (Å²) in [6.07, 6.45) is 3.56. The molecule has 5 nitrogen and oxygen atoms in total. The van der Waals surface area contributed by atoms with E-state index in [0.29, 0.717) is 28.4 Å². The van der Waals surface area contributed by atoms with Gasteiger partial charge in [-0.2, -0.15) is 0 Å². The molecule has 1 aromatic carbocycles. The van der Waals surface area contributed by atoms with Crippen LogP contribution in [0.1, 0.15) is 19.3 Å². The van der Waals surface area contributed by atoms with Crippen LogP contribution >= 0.6 is 23.2 Å². The zero-order valence-corrected chi connectivity index (χ0v) is 18.2. The molecule has 5 aliphatic carbocycles. The molecule has 6 fully saturated rings. The van der Waals surface area contributed by atoms with Gasteiger partial charge < -0.3 is 20.6 Å².